The van der Waals surface area contributed by atoms with Crippen molar-refractivity contribution < 1.29 is 14.3 Å². The second kappa shape index (κ2) is 9.95. The van der Waals surface area contributed by atoms with Crippen molar-refractivity contribution >= 4 is 63.3 Å². The Balaban J connectivity index is 1.67. The van der Waals surface area contributed by atoms with Crippen LogP contribution in [0.15, 0.2) is 70.7 Å². The molecular formula is C25H21ClN2O3S2. The summed E-state index contributed by atoms with van der Waals surface area (Å²) in [6.45, 7) is 3.80. The number of thioether (sulfide) groups is 1. The van der Waals surface area contributed by atoms with E-state index in [1.54, 1.807) is 24.3 Å². The van der Waals surface area contributed by atoms with Gasteiger partial charge >= 0.3 is 0 Å². The molecule has 1 unspecified atom stereocenters. The van der Waals surface area contributed by atoms with Crippen molar-refractivity contribution in [1.82, 2.24) is 0 Å². The number of halogens is 1. The number of methoxy groups -OCH3 is 1. The van der Waals surface area contributed by atoms with Crippen LogP contribution in [0.2, 0.25) is 5.02 Å². The fraction of sp³-hybridized carbons (Fsp3) is 0.160. The van der Waals surface area contributed by atoms with Gasteiger partial charge in [0.2, 0.25) is 0 Å². The van der Waals surface area contributed by atoms with E-state index in [9.17, 15) is 9.59 Å². The number of ether oxygens (including phenoxy) is 1. The van der Waals surface area contributed by atoms with Crippen LogP contribution in [0, 0.1) is 6.92 Å². The maximum atomic E-state index is 13.3. The van der Waals surface area contributed by atoms with Crippen LogP contribution in [0.4, 0.5) is 5.69 Å². The molecule has 0 N–H and O–H groups in total. The summed E-state index contributed by atoms with van der Waals surface area (Å²) in [5.41, 5.74) is 2.57. The molecule has 0 spiro atoms. The molecule has 5 nitrogen and oxygen atoms in total. The molecule has 33 heavy (non-hydrogen) atoms. The SMILES string of the molecule is COc1ccc(N2C(=O)/C(=C\c3cccs3)N=C2SC(C)C(=O)c2ccc(C)cc2)cc1Cl. The largest absolute Gasteiger partial charge is 0.495 e. The number of hydrogen-bond acceptors (Lipinski definition) is 6. The van der Waals surface area contributed by atoms with Gasteiger partial charge in [0.25, 0.3) is 5.91 Å². The van der Waals surface area contributed by atoms with Crippen LogP contribution in [-0.4, -0.2) is 29.2 Å². The number of Topliss-reactive ketones (excluding diaryl/α,β-unsaturated/α-hetero) is 1. The van der Waals surface area contributed by atoms with Crippen molar-refractivity contribution in [3.8, 4) is 5.75 Å². The van der Waals surface area contributed by atoms with E-state index in [1.165, 1.54) is 35.1 Å². The Bertz CT molecular complexity index is 1250. The molecular weight excluding hydrogens is 476 g/mol. The van der Waals surface area contributed by atoms with Crippen molar-refractivity contribution in [3.63, 3.8) is 0 Å². The molecule has 0 bridgehead atoms. The number of anilines is 1. The molecule has 168 valence electrons. The lowest BCUT2D eigenvalue weighted by Gasteiger charge is -2.20. The van der Waals surface area contributed by atoms with Gasteiger partial charge in [-0.2, -0.15) is 0 Å². The summed E-state index contributed by atoms with van der Waals surface area (Å²) in [5, 5.41) is 2.30. The third-order valence-corrected chi connectivity index (χ3v) is 7.20. The number of rotatable bonds is 6. The summed E-state index contributed by atoms with van der Waals surface area (Å²) in [6, 6.07) is 16.4. The first-order valence-corrected chi connectivity index (χ1v) is 12.3. The Morgan fingerprint density at radius 2 is 1.97 bits per heavy atom. The van der Waals surface area contributed by atoms with Gasteiger partial charge in [0.05, 0.1) is 23.1 Å². The number of aryl methyl sites for hydroxylation is 1. The van der Waals surface area contributed by atoms with Crippen LogP contribution < -0.4 is 9.64 Å². The van der Waals surface area contributed by atoms with E-state index in [1.807, 2.05) is 55.6 Å². The number of amides is 1. The molecule has 1 aromatic heterocycles. The molecule has 1 atom stereocenters. The molecule has 0 saturated heterocycles. The summed E-state index contributed by atoms with van der Waals surface area (Å²) in [4.78, 5) is 33.4. The zero-order valence-corrected chi connectivity index (χ0v) is 20.6. The number of amidine groups is 1. The van der Waals surface area contributed by atoms with Gasteiger partial charge < -0.3 is 4.74 Å². The zero-order valence-electron chi connectivity index (χ0n) is 18.2. The lowest BCUT2D eigenvalue weighted by molar-refractivity contribution is -0.113. The summed E-state index contributed by atoms with van der Waals surface area (Å²) in [5.74, 6) is 0.205. The highest BCUT2D eigenvalue weighted by Crippen LogP contribution is 2.36. The van der Waals surface area contributed by atoms with E-state index in [0.29, 0.717) is 32.9 Å². The van der Waals surface area contributed by atoms with Crippen molar-refractivity contribution in [1.29, 1.82) is 0 Å². The molecule has 0 saturated carbocycles. The third-order valence-electron chi connectivity index (χ3n) is 5.03. The maximum Gasteiger partial charge on any atom is 0.283 e. The first-order valence-electron chi connectivity index (χ1n) is 10.2. The topological polar surface area (TPSA) is 59.0 Å². The average molecular weight is 497 g/mol. The number of hydrogen-bond donors (Lipinski definition) is 0. The van der Waals surface area contributed by atoms with Crippen LogP contribution in [-0.2, 0) is 4.79 Å². The fourth-order valence-electron chi connectivity index (χ4n) is 3.27. The van der Waals surface area contributed by atoms with Crippen molar-refractivity contribution in [2.75, 3.05) is 12.0 Å². The van der Waals surface area contributed by atoms with E-state index in [2.05, 4.69) is 4.99 Å². The highest BCUT2D eigenvalue weighted by Gasteiger charge is 2.34. The second-order valence-corrected chi connectivity index (χ2v) is 10.1. The predicted octanol–water partition coefficient (Wildman–Crippen LogP) is 6.47. The van der Waals surface area contributed by atoms with Gasteiger partial charge in [-0.05, 0) is 49.6 Å². The van der Waals surface area contributed by atoms with Crippen molar-refractivity contribution in [3.05, 3.63) is 86.7 Å². The summed E-state index contributed by atoms with van der Waals surface area (Å²) < 4.78 is 5.24. The van der Waals surface area contributed by atoms with Gasteiger partial charge in [-0.15, -0.1) is 11.3 Å². The highest BCUT2D eigenvalue weighted by atomic mass is 35.5. The van der Waals surface area contributed by atoms with E-state index in [0.717, 1.165) is 10.4 Å². The Kier molecular flexibility index (Phi) is 7.02. The highest BCUT2D eigenvalue weighted by molar-refractivity contribution is 8.15. The van der Waals surface area contributed by atoms with Crippen molar-refractivity contribution in [2.45, 2.75) is 19.1 Å². The molecule has 0 radical (unpaired) electrons. The lowest BCUT2D eigenvalue weighted by atomic mass is 10.1. The molecule has 1 aliphatic heterocycles. The summed E-state index contributed by atoms with van der Waals surface area (Å²) in [6.07, 6.45) is 1.76. The summed E-state index contributed by atoms with van der Waals surface area (Å²) in [7, 11) is 1.53. The van der Waals surface area contributed by atoms with Gasteiger partial charge in [-0.1, -0.05) is 59.3 Å². The fourth-order valence-corrected chi connectivity index (χ4v) is 5.18. The second-order valence-electron chi connectivity index (χ2n) is 7.39. The maximum absolute atomic E-state index is 13.3. The minimum Gasteiger partial charge on any atom is -0.495 e. The molecule has 0 aliphatic carbocycles. The minimum atomic E-state index is -0.448. The Morgan fingerprint density at radius 1 is 1.21 bits per heavy atom. The molecule has 8 heteroatoms. The summed E-state index contributed by atoms with van der Waals surface area (Å²) >= 11 is 9.09. The smallest absolute Gasteiger partial charge is 0.283 e. The Labute approximate surface area is 205 Å². The van der Waals surface area contributed by atoms with E-state index in [-0.39, 0.29) is 11.7 Å². The number of carbonyl (C=O) groups is 2. The molecule has 1 aliphatic rings. The van der Waals surface area contributed by atoms with Gasteiger partial charge in [0.15, 0.2) is 11.0 Å². The molecule has 3 aromatic rings. The standard InChI is InChI=1S/C25H21ClN2O3S2/c1-15-6-8-17(9-7-15)23(29)16(2)33-25-27-21(14-19-5-4-12-32-19)24(30)28(25)18-10-11-22(31-3)20(26)13-18/h4-14,16H,1-3H3/b21-14+. The van der Waals surface area contributed by atoms with Crippen LogP contribution >= 0.6 is 34.7 Å². The van der Waals surface area contributed by atoms with Crippen LogP contribution in [0.1, 0.15) is 27.7 Å². The lowest BCUT2D eigenvalue weighted by Crippen LogP contribution is -2.32. The number of nitrogens with zero attached hydrogens (tertiary/aromatic N) is 2. The zero-order chi connectivity index (χ0) is 23.5. The quantitative estimate of drug-likeness (QED) is 0.290. The number of thiophene rings is 1. The van der Waals surface area contributed by atoms with E-state index < -0.39 is 5.25 Å². The number of carbonyl (C=O) groups excluding carboxylic acids is 2. The van der Waals surface area contributed by atoms with Gasteiger partial charge in [0.1, 0.15) is 11.4 Å². The van der Waals surface area contributed by atoms with E-state index in [4.69, 9.17) is 16.3 Å². The first-order chi connectivity index (χ1) is 15.9. The Morgan fingerprint density at radius 3 is 2.61 bits per heavy atom. The number of ketones is 1. The van der Waals surface area contributed by atoms with Crippen LogP contribution in [0.5, 0.6) is 5.75 Å². The van der Waals surface area contributed by atoms with Gasteiger partial charge in [-0.25, -0.2) is 4.99 Å². The van der Waals surface area contributed by atoms with Crippen LogP contribution in [0.3, 0.4) is 0 Å². The normalized spacial score (nSPS) is 15.6. The molecule has 1 amide bonds. The van der Waals surface area contributed by atoms with Crippen molar-refractivity contribution in [2.24, 2.45) is 4.99 Å². The average Bonchev–Trinajstić information content (AvgIpc) is 3.42. The number of benzene rings is 2. The molecule has 2 heterocycles. The monoisotopic (exact) mass is 496 g/mol. The first kappa shape index (κ1) is 23.3. The minimum absolute atomic E-state index is 0.0291. The van der Waals surface area contributed by atoms with Gasteiger partial charge in [0, 0.05) is 10.4 Å². The Hall–Kier alpha value is -2.87. The molecule has 2 aromatic carbocycles. The number of aliphatic imine (C=N–C) groups is 1. The molecule has 0 fully saturated rings. The van der Waals surface area contributed by atoms with Gasteiger partial charge in [-0.3, -0.25) is 14.5 Å². The molecule has 4 rings (SSSR count). The van der Waals surface area contributed by atoms with E-state index >= 15 is 0 Å². The van der Waals surface area contributed by atoms with Crippen LogP contribution in [0.25, 0.3) is 6.08 Å². The predicted molar refractivity (Wildman–Crippen MR) is 138 cm³/mol. The third kappa shape index (κ3) is 5.05.